The molecule has 0 bridgehead atoms. The molecule has 3 rings (SSSR count). The molecular weight excluding hydrogens is 326 g/mol. The van der Waals surface area contributed by atoms with Crippen LogP contribution >= 0.6 is 11.8 Å². The van der Waals surface area contributed by atoms with E-state index in [2.05, 4.69) is 15.5 Å². The molecule has 8 heteroatoms. The third-order valence-corrected chi connectivity index (χ3v) is 4.42. The lowest BCUT2D eigenvalue weighted by atomic mass is 10.1. The molecule has 2 aromatic heterocycles. The second-order valence-electron chi connectivity index (χ2n) is 5.15. The molecule has 0 aliphatic rings. The van der Waals surface area contributed by atoms with Crippen molar-refractivity contribution in [1.82, 2.24) is 20.2 Å². The summed E-state index contributed by atoms with van der Waals surface area (Å²) in [6.07, 6.45) is 1.54. The fourth-order valence-corrected chi connectivity index (χ4v) is 2.82. The Hall–Kier alpha value is -2.74. The molecule has 0 saturated heterocycles. The van der Waals surface area contributed by atoms with Gasteiger partial charge in [0.05, 0.1) is 12.0 Å². The lowest BCUT2D eigenvalue weighted by Crippen LogP contribution is -2.25. The van der Waals surface area contributed by atoms with Crippen LogP contribution < -0.4 is 11.2 Å². The van der Waals surface area contributed by atoms with E-state index in [-0.39, 0.29) is 11.7 Å². The topological polar surface area (TPSA) is 99.0 Å². The normalized spacial score (nSPS) is 10.7. The summed E-state index contributed by atoms with van der Waals surface area (Å²) >= 11 is 1.22. The zero-order valence-corrected chi connectivity index (χ0v) is 13.9. The second-order valence-corrected chi connectivity index (χ2v) is 6.09. The molecule has 0 fully saturated rings. The van der Waals surface area contributed by atoms with Gasteiger partial charge < -0.3 is 15.6 Å². The van der Waals surface area contributed by atoms with Crippen LogP contribution in [-0.2, 0) is 11.3 Å². The molecule has 0 unspecified atom stereocenters. The van der Waals surface area contributed by atoms with Crippen LogP contribution in [0, 0.1) is 6.92 Å². The number of nitrogens with two attached hydrogens (primary N) is 1. The SMILES string of the molecule is Cc1ccccc1CNC(=O)CSc1nnc(-c2ccco2)n1N. The van der Waals surface area contributed by atoms with Crippen LogP contribution in [-0.4, -0.2) is 26.5 Å². The van der Waals surface area contributed by atoms with Gasteiger partial charge in [0.25, 0.3) is 0 Å². The Morgan fingerprint density at radius 2 is 2.12 bits per heavy atom. The molecular formula is C16H17N5O2S. The third-order valence-electron chi connectivity index (χ3n) is 3.48. The number of thioether (sulfide) groups is 1. The minimum atomic E-state index is -0.0919. The van der Waals surface area contributed by atoms with Crippen molar-refractivity contribution in [3.05, 3.63) is 53.8 Å². The quantitative estimate of drug-likeness (QED) is 0.524. The number of hydrogen-bond acceptors (Lipinski definition) is 6. The largest absolute Gasteiger partial charge is 0.461 e. The molecule has 3 N–H and O–H groups in total. The standard InChI is InChI=1S/C16H17N5O2S/c1-11-5-2-3-6-12(11)9-18-14(22)10-24-16-20-19-15(21(16)17)13-7-4-8-23-13/h2-8H,9-10,17H2,1H3,(H,18,22). The predicted octanol–water partition coefficient (Wildman–Crippen LogP) is 1.97. The average molecular weight is 343 g/mol. The van der Waals surface area contributed by atoms with E-state index in [1.165, 1.54) is 22.7 Å². The number of amides is 1. The summed E-state index contributed by atoms with van der Waals surface area (Å²) in [6.45, 7) is 2.52. The maximum atomic E-state index is 12.0. The Labute approximate surface area is 143 Å². The molecule has 0 aliphatic heterocycles. The van der Waals surface area contributed by atoms with Gasteiger partial charge in [-0.2, -0.15) is 0 Å². The van der Waals surface area contributed by atoms with E-state index >= 15 is 0 Å². The summed E-state index contributed by atoms with van der Waals surface area (Å²) in [7, 11) is 0. The van der Waals surface area contributed by atoms with Gasteiger partial charge >= 0.3 is 0 Å². The Morgan fingerprint density at radius 3 is 2.88 bits per heavy atom. The maximum Gasteiger partial charge on any atom is 0.230 e. The molecule has 24 heavy (non-hydrogen) atoms. The van der Waals surface area contributed by atoms with Crippen molar-refractivity contribution in [1.29, 1.82) is 0 Å². The van der Waals surface area contributed by atoms with E-state index < -0.39 is 0 Å². The first-order valence-corrected chi connectivity index (χ1v) is 8.32. The summed E-state index contributed by atoms with van der Waals surface area (Å²) in [5, 5.41) is 11.3. The average Bonchev–Trinajstić information content (AvgIpc) is 3.22. The van der Waals surface area contributed by atoms with Gasteiger partial charge in [-0.1, -0.05) is 36.0 Å². The second kappa shape index (κ2) is 7.22. The lowest BCUT2D eigenvalue weighted by molar-refractivity contribution is -0.118. The fraction of sp³-hybridized carbons (Fsp3) is 0.188. The number of nitrogens with zero attached hydrogens (tertiary/aromatic N) is 3. The van der Waals surface area contributed by atoms with Gasteiger partial charge in [0.1, 0.15) is 0 Å². The van der Waals surface area contributed by atoms with E-state index in [0.717, 1.165) is 11.1 Å². The molecule has 7 nitrogen and oxygen atoms in total. The highest BCUT2D eigenvalue weighted by atomic mass is 32.2. The van der Waals surface area contributed by atoms with E-state index in [1.54, 1.807) is 12.1 Å². The highest BCUT2D eigenvalue weighted by molar-refractivity contribution is 7.99. The highest BCUT2D eigenvalue weighted by Crippen LogP contribution is 2.21. The summed E-state index contributed by atoms with van der Waals surface area (Å²) in [5.41, 5.74) is 2.24. The summed E-state index contributed by atoms with van der Waals surface area (Å²) < 4.78 is 6.56. The molecule has 0 atom stereocenters. The monoisotopic (exact) mass is 343 g/mol. The number of hydrogen-bond donors (Lipinski definition) is 2. The molecule has 2 heterocycles. The first-order chi connectivity index (χ1) is 11.6. The number of nitrogens with one attached hydrogen (secondary N) is 1. The number of benzene rings is 1. The minimum Gasteiger partial charge on any atom is -0.461 e. The maximum absolute atomic E-state index is 12.0. The smallest absolute Gasteiger partial charge is 0.230 e. The van der Waals surface area contributed by atoms with Gasteiger partial charge in [-0.05, 0) is 30.2 Å². The summed E-state index contributed by atoms with van der Waals surface area (Å²) in [5.74, 6) is 7.01. The van der Waals surface area contributed by atoms with Crippen molar-refractivity contribution in [2.24, 2.45) is 0 Å². The zero-order valence-electron chi connectivity index (χ0n) is 13.1. The molecule has 0 saturated carbocycles. The molecule has 0 aliphatic carbocycles. The Balaban J connectivity index is 1.54. The fourth-order valence-electron chi connectivity index (χ4n) is 2.13. The number of carbonyl (C=O) groups excluding carboxylic acids is 1. The Kier molecular flexibility index (Phi) is 4.85. The van der Waals surface area contributed by atoms with Gasteiger partial charge in [-0.15, -0.1) is 10.2 Å². The molecule has 0 spiro atoms. The van der Waals surface area contributed by atoms with E-state index in [9.17, 15) is 4.79 Å². The molecule has 1 amide bonds. The number of aryl methyl sites for hydroxylation is 1. The number of carbonyl (C=O) groups is 1. The molecule has 1 aromatic carbocycles. The number of furan rings is 1. The van der Waals surface area contributed by atoms with Crippen LogP contribution in [0.25, 0.3) is 11.6 Å². The van der Waals surface area contributed by atoms with Crippen molar-refractivity contribution in [2.75, 3.05) is 11.6 Å². The summed E-state index contributed by atoms with van der Waals surface area (Å²) in [6, 6.07) is 11.4. The van der Waals surface area contributed by atoms with Crippen molar-refractivity contribution < 1.29 is 9.21 Å². The summed E-state index contributed by atoms with van der Waals surface area (Å²) in [4.78, 5) is 12.0. The number of nitrogen functional groups attached to an aromatic ring is 1. The lowest BCUT2D eigenvalue weighted by Gasteiger charge is -2.07. The number of rotatable bonds is 6. The van der Waals surface area contributed by atoms with Crippen LogP contribution in [0.2, 0.25) is 0 Å². The zero-order chi connectivity index (χ0) is 16.9. The molecule has 3 aromatic rings. The van der Waals surface area contributed by atoms with Crippen molar-refractivity contribution in [2.45, 2.75) is 18.6 Å². The van der Waals surface area contributed by atoms with Crippen molar-refractivity contribution in [3.8, 4) is 11.6 Å². The van der Waals surface area contributed by atoms with Gasteiger partial charge in [-0.3, -0.25) is 4.79 Å². The van der Waals surface area contributed by atoms with Crippen LogP contribution in [0.5, 0.6) is 0 Å². The van der Waals surface area contributed by atoms with E-state index in [1.807, 2.05) is 31.2 Å². The Bertz CT molecular complexity index is 829. The third kappa shape index (κ3) is 3.60. The van der Waals surface area contributed by atoms with Crippen LogP contribution in [0.1, 0.15) is 11.1 Å². The first-order valence-electron chi connectivity index (χ1n) is 7.33. The van der Waals surface area contributed by atoms with E-state index in [0.29, 0.717) is 23.3 Å². The highest BCUT2D eigenvalue weighted by Gasteiger charge is 2.15. The predicted molar refractivity (Wildman–Crippen MR) is 91.6 cm³/mol. The van der Waals surface area contributed by atoms with E-state index in [4.69, 9.17) is 10.3 Å². The van der Waals surface area contributed by atoms with Gasteiger partial charge in [0, 0.05) is 6.54 Å². The van der Waals surface area contributed by atoms with Crippen LogP contribution in [0.4, 0.5) is 0 Å². The van der Waals surface area contributed by atoms with Crippen LogP contribution in [0.15, 0.2) is 52.2 Å². The number of aromatic nitrogens is 3. The van der Waals surface area contributed by atoms with Crippen LogP contribution in [0.3, 0.4) is 0 Å². The molecule has 0 radical (unpaired) electrons. The Morgan fingerprint density at radius 1 is 1.29 bits per heavy atom. The van der Waals surface area contributed by atoms with Gasteiger partial charge in [0.2, 0.25) is 16.9 Å². The first kappa shape index (κ1) is 16.1. The van der Waals surface area contributed by atoms with Crippen molar-refractivity contribution in [3.63, 3.8) is 0 Å². The van der Waals surface area contributed by atoms with Gasteiger partial charge in [0.15, 0.2) is 5.76 Å². The molecule has 124 valence electrons. The van der Waals surface area contributed by atoms with Gasteiger partial charge in [-0.25, -0.2) is 4.68 Å². The van der Waals surface area contributed by atoms with Crippen molar-refractivity contribution >= 4 is 17.7 Å². The minimum absolute atomic E-state index is 0.0919.